The number of carboxylic acids is 1. The highest BCUT2D eigenvalue weighted by Crippen LogP contribution is 2.22. The smallest absolute Gasteiger partial charge is 0.316 e. The molecule has 1 aromatic heterocycles. The summed E-state index contributed by atoms with van der Waals surface area (Å²) in [6.07, 6.45) is 1.24. The van der Waals surface area contributed by atoms with Crippen molar-refractivity contribution in [3.8, 4) is 0 Å². The summed E-state index contributed by atoms with van der Waals surface area (Å²) in [5, 5.41) is 9.02. The van der Waals surface area contributed by atoms with Crippen LogP contribution in [0.3, 0.4) is 0 Å². The number of nitrogens with zero attached hydrogens (tertiary/aromatic N) is 2. The highest BCUT2D eigenvalue weighted by molar-refractivity contribution is 8.00. The maximum atomic E-state index is 10.9. The van der Waals surface area contributed by atoms with Gasteiger partial charge < -0.3 is 5.11 Å². The van der Waals surface area contributed by atoms with Gasteiger partial charge in [0.05, 0.1) is 0 Å². The Bertz CT molecular complexity index is 420. The zero-order valence-electron chi connectivity index (χ0n) is 10.1. The van der Waals surface area contributed by atoms with Gasteiger partial charge in [0.2, 0.25) is 5.28 Å². The van der Waals surface area contributed by atoms with E-state index in [4.69, 9.17) is 28.3 Å². The number of aliphatic carboxylic acids is 1. The highest BCUT2D eigenvalue weighted by atomic mass is 35.5. The zero-order valence-corrected chi connectivity index (χ0v) is 12.4. The molecule has 0 aliphatic carbocycles. The number of halogens is 2. The van der Waals surface area contributed by atoms with Crippen molar-refractivity contribution in [3.05, 3.63) is 21.7 Å². The summed E-state index contributed by atoms with van der Waals surface area (Å²) in [4.78, 5) is 18.8. The minimum atomic E-state index is -0.780. The standard InChI is InChI=1S/C11H14Cl2N2O2S/c1-3-8(10(16)17)18-5-4-7-6(2)14-11(13)15-9(7)12/h8H,3-5H2,1-2H3,(H,16,17). The summed E-state index contributed by atoms with van der Waals surface area (Å²) in [5.74, 6) is -0.117. The molecule has 0 saturated heterocycles. The molecule has 1 N–H and O–H groups in total. The van der Waals surface area contributed by atoms with Gasteiger partial charge in [0.15, 0.2) is 0 Å². The number of thioether (sulfide) groups is 1. The highest BCUT2D eigenvalue weighted by Gasteiger charge is 2.16. The van der Waals surface area contributed by atoms with Crippen LogP contribution in [0.5, 0.6) is 0 Å². The summed E-state index contributed by atoms with van der Waals surface area (Å²) >= 11 is 13.1. The third kappa shape index (κ3) is 4.30. The lowest BCUT2D eigenvalue weighted by molar-refractivity contribution is -0.136. The third-order valence-corrected chi connectivity index (χ3v) is 4.31. The van der Waals surface area contributed by atoms with Crippen molar-refractivity contribution in [2.24, 2.45) is 0 Å². The molecule has 0 radical (unpaired) electrons. The Hall–Kier alpha value is -0.520. The molecule has 0 aliphatic heterocycles. The van der Waals surface area contributed by atoms with Crippen molar-refractivity contribution < 1.29 is 9.90 Å². The minimum Gasteiger partial charge on any atom is -0.480 e. The van der Waals surface area contributed by atoms with Crippen molar-refractivity contribution >= 4 is 40.9 Å². The van der Waals surface area contributed by atoms with E-state index in [1.54, 1.807) is 0 Å². The normalized spacial score (nSPS) is 12.4. The fourth-order valence-corrected chi connectivity index (χ4v) is 3.03. The Balaban J connectivity index is 2.62. The summed E-state index contributed by atoms with van der Waals surface area (Å²) in [6.45, 7) is 3.67. The molecule has 0 bridgehead atoms. The second kappa shape index (κ2) is 7.16. The van der Waals surface area contributed by atoms with Crippen molar-refractivity contribution in [1.29, 1.82) is 0 Å². The monoisotopic (exact) mass is 308 g/mol. The van der Waals surface area contributed by atoms with Crippen LogP contribution in [0.25, 0.3) is 0 Å². The minimum absolute atomic E-state index is 0.130. The molecular weight excluding hydrogens is 295 g/mol. The average Bonchev–Trinajstić information content (AvgIpc) is 2.26. The molecule has 1 unspecified atom stereocenters. The number of rotatable bonds is 6. The van der Waals surface area contributed by atoms with Gasteiger partial charge in [0.1, 0.15) is 10.4 Å². The number of hydrogen-bond donors (Lipinski definition) is 1. The largest absolute Gasteiger partial charge is 0.480 e. The topological polar surface area (TPSA) is 63.1 Å². The lowest BCUT2D eigenvalue weighted by Crippen LogP contribution is -2.16. The van der Waals surface area contributed by atoms with Gasteiger partial charge in [-0.2, -0.15) is 0 Å². The molecule has 0 spiro atoms. The van der Waals surface area contributed by atoms with Gasteiger partial charge in [-0.1, -0.05) is 18.5 Å². The average molecular weight is 309 g/mol. The van der Waals surface area contributed by atoms with E-state index in [-0.39, 0.29) is 10.5 Å². The van der Waals surface area contributed by atoms with Crippen LogP contribution in [0, 0.1) is 6.92 Å². The maximum absolute atomic E-state index is 10.9. The van der Waals surface area contributed by atoms with Crippen LogP contribution in [0.15, 0.2) is 0 Å². The van der Waals surface area contributed by atoms with Gasteiger partial charge in [-0.15, -0.1) is 11.8 Å². The lowest BCUT2D eigenvalue weighted by atomic mass is 10.2. The Kier molecular flexibility index (Phi) is 6.18. The fraction of sp³-hybridized carbons (Fsp3) is 0.545. The second-order valence-electron chi connectivity index (χ2n) is 3.70. The predicted molar refractivity (Wildman–Crippen MR) is 74.7 cm³/mol. The number of hydrogen-bond acceptors (Lipinski definition) is 4. The van der Waals surface area contributed by atoms with Crippen LogP contribution < -0.4 is 0 Å². The van der Waals surface area contributed by atoms with Crippen LogP contribution in [0.2, 0.25) is 10.4 Å². The van der Waals surface area contributed by atoms with E-state index in [9.17, 15) is 4.79 Å². The number of carbonyl (C=O) groups is 1. The first-order valence-electron chi connectivity index (χ1n) is 5.48. The molecule has 100 valence electrons. The van der Waals surface area contributed by atoms with E-state index >= 15 is 0 Å². The van der Waals surface area contributed by atoms with Crippen LogP contribution in [-0.4, -0.2) is 32.0 Å². The van der Waals surface area contributed by atoms with Crippen molar-refractivity contribution in [2.45, 2.75) is 31.9 Å². The lowest BCUT2D eigenvalue weighted by Gasteiger charge is -2.10. The Morgan fingerprint density at radius 3 is 2.61 bits per heavy atom. The van der Waals surface area contributed by atoms with Gasteiger partial charge in [0.25, 0.3) is 0 Å². The van der Waals surface area contributed by atoms with E-state index in [1.165, 1.54) is 11.8 Å². The fourth-order valence-electron chi connectivity index (χ4n) is 1.48. The summed E-state index contributed by atoms with van der Waals surface area (Å²) in [7, 11) is 0. The van der Waals surface area contributed by atoms with Gasteiger partial charge in [0, 0.05) is 11.3 Å². The first kappa shape index (κ1) is 15.5. The first-order chi connectivity index (χ1) is 8.45. The predicted octanol–water partition coefficient (Wildman–Crippen LogP) is 3.23. The Morgan fingerprint density at radius 2 is 2.11 bits per heavy atom. The molecule has 4 nitrogen and oxygen atoms in total. The van der Waals surface area contributed by atoms with Gasteiger partial charge in [-0.3, -0.25) is 4.79 Å². The molecule has 0 amide bonds. The first-order valence-corrected chi connectivity index (χ1v) is 7.29. The van der Waals surface area contributed by atoms with Crippen molar-refractivity contribution in [3.63, 3.8) is 0 Å². The van der Waals surface area contributed by atoms with Crippen molar-refractivity contribution in [2.75, 3.05) is 5.75 Å². The molecule has 0 aromatic carbocycles. The van der Waals surface area contributed by atoms with Gasteiger partial charge in [-0.25, -0.2) is 9.97 Å². The number of aryl methyl sites for hydroxylation is 1. The molecule has 1 heterocycles. The van der Waals surface area contributed by atoms with Crippen LogP contribution in [0.4, 0.5) is 0 Å². The molecule has 1 atom stereocenters. The zero-order chi connectivity index (χ0) is 13.7. The van der Waals surface area contributed by atoms with E-state index in [0.717, 1.165) is 11.3 Å². The van der Waals surface area contributed by atoms with Crippen LogP contribution >= 0.6 is 35.0 Å². The SMILES string of the molecule is CCC(SCCc1c(C)nc(Cl)nc1Cl)C(=O)O. The van der Waals surface area contributed by atoms with Crippen LogP contribution in [-0.2, 0) is 11.2 Å². The third-order valence-electron chi connectivity index (χ3n) is 2.45. The molecule has 1 rings (SSSR count). The second-order valence-corrected chi connectivity index (χ2v) is 5.71. The van der Waals surface area contributed by atoms with Gasteiger partial charge >= 0.3 is 5.97 Å². The van der Waals surface area contributed by atoms with Crippen LogP contribution in [0.1, 0.15) is 24.6 Å². The van der Waals surface area contributed by atoms with Crippen molar-refractivity contribution in [1.82, 2.24) is 9.97 Å². The molecular formula is C11H14Cl2N2O2S. The quantitative estimate of drug-likeness (QED) is 0.645. The van der Waals surface area contributed by atoms with E-state index < -0.39 is 5.97 Å². The molecule has 7 heteroatoms. The number of aromatic nitrogens is 2. The summed E-state index contributed by atoms with van der Waals surface area (Å²) < 4.78 is 0. The molecule has 0 saturated carbocycles. The molecule has 1 aromatic rings. The Morgan fingerprint density at radius 1 is 1.44 bits per heavy atom. The summed E-state index contributed by atoms with van der Waals surface area (Å²) in [5.41, 5.74) is 1.57. The van der Waals surface area contributed by atoms with E-state index in [0.29, 0.717) is 23.7 Å². The Labute approximate surface area is 120 Å². The molecule has 0 fully saturated rings. The number of carboxylic acid groups (broad SMARTS) is 1. The van der Waals surface area contributed by atoms with Gasteiger partial charge in [-0.05, 0) is 37.1 Å². The van der Waals surface area contributed by atoms with E-state index in [2.05, 4.69) is 9.97 Å². The summed E-state index contributed by atoms with van der Waals surface area (Å²) in [6, 6.07) is 0. The molecule has 18 heavy (non-hydrogen) atoms. The van der Waals surface area contributed by atoms with E-state index in [1.807, 2.05) is 13.8 Å². The maximum Gasteiger partial charge on any atom is 0.316 e. The molecule has 0 aliphatic rings.